The second kappa shape index (κ2) is 6.54. The fourth-order valence-corrected chi connectivity index (χ4v) is 5.42. The van der Waals surface area contributed by atoms with E-state index in [2.05, 4.69) is 22.8 Å². The lowest BCUT2D eigenvalue weighted by molar-refractivity contribution is -0.159. The second-order valence-electron chi connectivity index (χ2n) is 7.07. The molecular weight excluding hydrogens is 310 g/mol. The standard InChI is InChI=1S/C18H25NO3S/c20-17(18(7-1-2-8-18)16-4-3-11-23-16)19-13-5-6-14-15(12-13)22-10-9-21-14/h3-4,11,13-15H,1-2,5-10,12H2,(H,19,20). The third-order valence-corrected chi connectivity index (χ3v) is 6.77. The monoisotopic (exact) mass is 335 g/mol. The quantitative estimate of drug-likeness (QED) is 0.924. The van der Waals surface area contributed by atoms with Gasteiger partial charge in [0.05, 0.1) is 30.8 Å². The molecule has 126 valence electrons. The normalized spacial score (nSPS) is 33.1. The van der Waals surface area contributed by atoms with E-state index in [1.54, 1.807) is 11.3 Å². The van der Waals surface area contributed by atoms with Gasteiger partial charge < -0.3 is 14.8 Å². The molecule has 5 heteroatoms. The molecule has 0 spiro atoms. The van der Waals surface area contributed by atoms with Crippen molar-refractivity contribution in [2.24, 2.45) is 0 Å². The molecule has 3 atom stereocenters. The van der Waals surface area contributed by atoms with Crippen molar-refractivity contribution in [1.82, 2.24) is 5.32 Å². The Labute approximate surface area is 141 Å². The van der Waals surface area contributed by atoms with Crippen LogP contribution in [0.3, 0.4) is 0 Å². The molecule has 2 saturated carbocycles. The van der Waals surface area contributed by atoms with Crippen molar-refractivity contribution in [2.45, 2.75) is 68.6 Å². The fourth-order valence-electron chi connectivity index (χ4n) is 4.44. The Morgan fingerprint density at radius 2 is 1.96 bits per heavy atom. The number of rotatable bonds is 3. The zero-order valence-electron chi connectivity index (χ0n) is 13.5. The fraction of sp³-hybridized carbons (Fsp3) is 0.722. The van der Waals surface area contributed by atoms with Gasteiger partial charge in [-0.1, -0.05) is 18.9 Å². The summed E-state index contributed by atoms with van der Waals surface area (Å²) in [6, 6.07) is 4.42. The van der Waals surface area contributed by atoms with Crippen molar-refractivity contribution >= 4 is 17.2 Å². The minimum absolute atomic E-state index is 0.157. The SMILES string of the molecule is O=C(NC1CCC2OCCOC2C1)C1(c2cccs2)CCCC1. The van der Waals surface area contributed by atoms with Crippen LogP contribution in [0.2, 0.25) is 0 Å². The number of amides is 1. The highest BCUT2D eigenvalue weighted by atomic mass is 32.1. The minimum atomic E-state index is -0.283. The van der Waals surface area contributed by atoms with Crippen molar-refractivity contribution in [2.75, 3.05) is 13.2 Å². The van der Waals surface area contributed by atoms with Crippen LogP contribution >= 0.6 is 11.3 Å². The Morgan fingerprint density at radius 1 is 1.17 bits per heavy atom. The molecule has 1 N–H and O–H groups in total. The first-order valence-electron chi connectivity index (χ1n) is 8.86. The molecule has 4 rings (SSSR count). The van der Waals surface area contributed by atoms with Gasteiger partial charge in [0, 0.05) is 10.9 Å². The van der Waals surface area contributed by atoms with Crippen LogP contribution < -0.4 is 5.32 Å². The molecule has 2 aliphatic carbocycles. The van der Waals surface area contributed by atoms with Crippen LogP contribution in [-0.2, 0) is 19.7 Å². The molecule has 1 aliphatic heterocycles. The molecule has 1 aromatic heterocycles. The van der Waals surface area contributed by atoms with Gasteiger partial charge in [-0.3, -0.25) is 4.79 Å². The van der Waals surface area contributed by atoms with Gasteiger partial charge in [-0.05, 0) is 43.6 Å². The van der Waals surface area contributed by atoms with Gasteiger partial charge in [0.25, 0.3) is 0 Å². The smallest absolute Gasteiger partial charge is 0.231 e. The van der Waals surface area contributed by atoms with E-state index >= 15 is 0 Å². The molecule has 3 unspecified atom stereocenters. The number of hydrogen-bond donors (Lipinski definition) is 1. The number of fused-ring (bicyclic) bond motifs is 1. The summed E-state index contributed by atoms with van der Waals surface area (Å²) >= 11 is 1.72. The highest BCUT2D eigenvalue weighted by Crippen LogP contribution is 2.43. The minimum Gasteiger partial charge on any atom is -0.373 e. The Morgan fingerprint density at radius 3 is 2.70 bits per heavy atom. The van der Waals surface area contributed by atoms with E-state index in [1.165, 1.54) is 4.88 Å². The molecule has 0 radical (unpaired) electrons. The van der Waals surface area contributed by atoms with Crippen LogP contribution in [0.1, 0.15) is 49.8 Å². The van der Waals surface area contributed by atoms with Crippen LogP contribution in [0.5, 0.6) is 0 Å². The van der Waals surface area contributed by atoms with E-state index in [0.29, 0.717) is 13.2 Å². The third kappa shape index (κ3) is 2.94. The van der Waals surface area contributed by atoms with E-state index in [9.17, 15) is 4.79 Å². The molecule has 1 aromatic rings. The van der Waals surface area contributed by atoms with E-state index < -0.39 is 0 Å². The molecule has 2 heterocycles. The van der Waals surface area contributed by atoms with Gasteiger partial charge in [-0.15, -0.1) is 11.3 Å². The number of thiophene rings is 1. The maximum absolute atomic E-state index is 13.1. The summed E-state index contributed by atoms with van der Waals surface area (Å²) in [5, 5.41) is 5.44. The number of carbonyl (C=O) groups is 1. The van der Waals surface area contributed by atoms with E-state index in [1.807, 2.05) is 0 Å². The van der Waals surface area contributed by atoms with Crippen LogP contribution in [0, 0.1) is 0 Å². The summed E-state index contributed by atoms with van der Waals surface area (Å²) in [7, 11) is 0. The Bertz CT molecular complexity index is 538. The molecule has 3 fully saturated rings. The number of hydrogen-bond acceptors (Lipinski definition) is 4. The van der Waals surface area contributed by atoms with Gasteiger partial charge in [0.2, 0.25) is 5.91 Å². The first kappa shape index (κ1) is 15.6. The topological polar surface area (TPSA) is 47.6 Å². The second-order valence-corrected chi connectivity index (χ2v) is 8.02. The van der Waals surface area contributed by atoms with Crippen molar-refractivity contribution < 1.29 is 14.3 Å². The Balaban J connectivity index is 1.44. The maximum atomic E-state index is 13.1. The molecule has 3 aliphatic rings. The lowest BCUT2D eigenvalue weighted by Crippen LogP contribution is -2.52. The van der Waals surface area contributed by atoms with Crippen molar-refractivity contribution in [3.63, 3.8) is 0 Å². The molecule has 1 amide bonds. The summed E-state index contributed by atoms with van der Waals surface area (Å²) in [6.07, 6.45) is 7.53. The zero-order valence-corrected chi connectivity index (χ0v) is 14.3. The average Bonchev–Trinajstić information content (AvgIpc) is 3.26. The van der Waals surface area contributed by atoms with Crippen LogP contribution in [0.4, 0.5) is 0 Å². The average molecular weight is 335 g/mol. The maximum Gasteiger partial charge on any atom is 0.231 e. The predicted octanol–water partition coefficient (Wildman–Crippen LogP) is 3.01. The summed E-state index contributed by atoms with van der Waals surface area (Å²) in [5.41, 5.74) is -0.283. The summed E-state index contributed by atoms with van der Waals surface area (Å²) < 4.78 is 11.6. The van der Waals surface area contributed by atoms with Crippen LogP contribution in [0.15, 0.2) is 17.5 Å². The van der Waals surface area contributed by atoms with E-state index in [4.69, 9.17) is 9.47 Å². The van der Waals surface area contributed by atoms with Crippen LogP contribution in [0.25, 0.3) is 0 Å². The van der Waals surface area contributed by atoms with Gasteiger partial charge in [0.15, 0.2) is 0 Å². The lowest BCUT2D eigenvalue weighted by atomic mass is 9.82. The van der Waals surface area contributed by atoms with E-state index in [-0.39, 0.29) is 29.6 Å². The number of carbonyl (C=O) groups excluding carboxylic acids is 1. The highest BCUT2D eigenvalue weighted by molar-refractivity contribution is 7.10. The Kier molecular flexibility index (Phi) is 4.43. The molecule has 23 heavy (non-hydrogen) atoms. The zero-order chi connectivity index (χ0) is 15.7. The van der Waals surface area contributed by atoms with Gasteiger partial charge in [0.1, 0.15) is 0 Å². The number of ether oxygens (including phenoxy) is 2. The van der Waals surface area contributed by atoms with Crippen molar-refractivity contribution in [3.8, 4) is 0 Å². The molecule has 1 saturated heterocycles. The first-order valence-corrected chi connectivity index (χ1v) is 9.74. The van der Waals surface area contributed by atoms with Crippen molar-refractivity contribution in [3.05, 3.63) is 22.4 Å². The number of nitrogens with one attached hydrogen (secondary N) is 1. The van der Waals surface area contributed by atoms with Gasteiger partial charge in [-0.25, -0.2) is 0 Å². The van der Waals surface area contributed by atoms with Gasteiger partial charge in [-0.2, -0.15) is 0 Å². The summed E-state index contributed by atoms with van der Waals surface area (Å²) in [4.78, 5) is 14.4. The van der Waals surface area contributed by atoms with Crippen LogP contribution in [-0.4, -0.2) is 37.4 Å². The Hall–Kier alpha value is -0.910. The first-order chi connectivity index (χ1) is 11.3. The molecule has 4 nitrogen and oxygen atoms in total. The molecule has 0 bridgehead atoms. The molecule has 0 aromatic carbocycles. The van der Waals surface area contributed by atoms with E-state index in [0.717, 1.165) is 44.9 Å². The predicted molar refractivity (Wildman–Crippen MR) is 89.7 cm³/mol. The molecular formula is C18H25NO3S. The van der Waals surface area contributed by atoms with Crippen molar-refractivity contribution in [1.29, 1.82) is 0 Å². The third-order valence-electron chi connectivity index (χ3n) is 5.70. The van der Waals surface area contributed by atoms with Gasteiger partial charge >= 0.3 is 0 Å². The highest BCUT2D eigenvalue weighted by Gasteiger charge is 2.45. The largest absolute Gasteiger partial charge is 0.373 e. The summed E-state index contributed by atoms with van der Waals surface area (Å²) in [6.45, 7) is 1.39. The lowest BCUT2D eigenvalue weighted by Gasteiger charge is -2.40. The summed E-state index contributed by atoms with van der Waals surface area (Å²) in [5.74, 6) is 0.234.